The SMILES string of the molecule is Cc1csc2nc(CN3CCC[C@@H]3c3cccn3C)cc(=O)n12. The van der Waals surface area contributed by atoms with Gasteiger partial charge in [-0.1, -0.05) is 0 Å². The van der Waals surface area contributed by atoms with E-state index in [-0.39, 0.29) is 5.56 Å². The highest BCUT2D eigenvalue weighted by molar-refractivity contribution is 7.15. The van der Waals surface area contributed by atoms with Crippen molar-refractivity contribution < 1.29 is 0 Å². The lowest BCUT2D eigenvalue weighted by Gasteiger charge is -2.24. The molecule has 3 aromatic rings. The first-order chi connectivity index (χ1) is 11.1. The van der Waals surface area contributed by atoms with Gasteiger partial charge in [-0.05, 0) is 38.4 Å². The molecule has 1 fully saturated rings. The highest BCUT2D eigenvalue weighted by Crippen LogP contribution is 2.32. The standard InChI is InChI=1S/C17H20N4OS/c1-12-11-23-17-18-13(9-16(22)21(12)17)10-20-8-4-6-15(20)14-5-3-7-19(14)2/h3,5,7,9,11,15H,4,6,8,10H2,1-2H3/t15-/m1/s1. The number of rotatable bonds is 3. The van der Waals surface area contributed by atoms with Crippen LogP contribution in [0.25, 0.3) is 4.96 Å². The summed E-state index contributed by atoms with van der Waals surface area (Å²) in [5, 5.41) is 1.98. The first-order valence-corrected chi connectivity index (χ1v) is 8.83. The molecular formula is C17H20N4OS. The van der Waals surface area contributed by atoms with Gasteiger partial charge in [0.1, 0.15) is 0 Å². The molecule has 4 rings (SSSR count). The third-order valence-corrected chi connectivity index (χ3v) is 5.63. The van der Waals surface area contributed by atoms with E-state index >= 15 is 0 Å². The Bertz CT molecular complexity index is 907. The molecule has 4 heterocycles. The number of thiazole rings is 1. The Morgan fingerprint density at radius 1 is 1.43 bits per heavy atom. The maximum Gasteiger partial charge on any atom is 0.259 e. The van der Waals surface area contributed by atoms with E-state index in [1.807, 2.05) is 12.3 Å². The van der Waals surface area contributed by atoms with Crippen molar-refractivity contribution in [1.82, 2.24) is 18.9 Å². The van der Waals surface area contributed by atoms with E-state index in [9.17, 15) is 4.79 Å². The smallest absolute Gasteiger partial charge is 0.259 e. The second-order valence-corrected chi connectivity index (χ2v) is 7.09. The number of likely N-dealkylation sites (tertiary alicyclic amines) is 1. The summed E-state index contributed by atoms with van der Waals surface area (Å²) < 4.78 is 3.88. The highest BCUT2D eigenvalue weighted by Gasteiger charge is 2.28. The van der Waals surface area contributed by atoms with Crippen LogP contribution in [0.4, 0.5) is 0 Å². The molecule has 0 saturated carbocycles. The highest BCUT2D eigenvalue weighted by atomic mass is 32.1. The molecule has 5 nitrogen and oxygen atoms in total. The Hall–Kier alpha value is -1.92. The Morgan fingerprint density at radius 2 is 2.30 bits per heavy atom. The average Bonchev–Trinajstić information content (AvgIpc) is 3.20. The minimum Gasteiger partial charge on any atom is -0.353 e. The van der Waals surface area contributed by atoms with Crippen molar-refractivity contribution in [3.8, 4) is 0 Å². The van der Waals surface area contributed by atoms with Gasteiger partial charge in [0.25, 0.3) is 5.56 Å². The van der Waals surface area contributed by atoms with Crippen molar-refractivity contribution >= 4 is 16.3 Å². The summed E-state index contributed by atoms with van der Waals surface area (Å²) >= 11 is 1.53. The molecule has 23 heavy (non-hydrogen) atoms. The summed E-state index contributed by atoms with van der Waals surface area (Å²) in [4.78, 5) is 20.2. The molecule has 0 aromatic carbocycles. The first-order valence-electron chi connectivity index (χ1n) is 7.95. The number of aromatic nitrogens is 3. The van der Waals surface area contributed by atoms with Crippen LogP contribution >= 0.6 is 11.3 Å². The summed E-state index contributed by atoms with van der Waals surface area (Å²) in [6.07, 6.45) is 4.45. The van der Waals surface area contributed by atoms with E-state index in [2.05, 4.69) is 34.8 Å². The molecule has 6 heteroatoms. The Kier molecular flexibility index (Phi) is 3.58. The number of hydrogen-bond donors (Lipinski definition) is 0. The fourth-order valence-corrected chi connectivity index (χ4v) is 4.45. The summed E-state index contributed by atoms with van der Waals surface area (Å²) in [5.74, 6) is 0. The minimum atomic E-state index is 0.0263. The number of fused-ring (bicyclic) bond motifs is 1. The van der Waals surface area contributed by atoms with E-state index in [0.29, 0.717) is 6.04 Å². The molecule has 1 aliphatic heterocycles. The molecule has 1 atom stereocenters. The second kappa shape index (κ2) is 5.62. The Labute approximate surface area is 138 Å². The summed E-state index contributed by atoms with van der Waals surface area (Å²) in [6, 6.07) is 6.39. The summed E-state index contributed by atoms with van der Waals surface area (Å²) in [6.45, 7) is 3.73. The predicted octanol–water partition coefficient (Wildman–Crippen LogP) is 2.74. The predicted molar refractivity (Wildman–Crippen MR) is 91.9 cm³/mol. The van der Waals surface area contributed by atoms with Gasteiger partial charge in [-0.25, -0.2) is 4.98 Å². The van der Waals surface area contributed by atoms with Gasteiger partial charge < -0.3 is 4.57 Å². The van der Waals surface area contributed by atoms with Crippen LogP contribution < -0.4 is 5.56 Å². The van der Waals surface area contributed by atoms with Crippen molar-refractivity contribution in [2.75, 3.05) is 6.54 Å². The third-order valence-electron chi connectivity index (χ3n) is 4.68. The third kappa shape index (κ3) is 2.52. The molecule has 0 bridgehead atoms. The van der Waals surface area contributed by atoms with E-state index in [0.717, 1.165) is 35.9 Å². The summed E-state index contributed by atoms with van der Waals surface area (Å²) in [7, 11) is 2.09. The van der Waals surface area contributed by atoms with E-state index in [1.165, 1.54) is 23.5 Å². The lowest BCUT2D eigenvalue weighted by molar-refractivity contribution is 0.238. The number of hydrogen-bond acceptors (Lipinski definition) is 4. The maximum absolute atomic E-state index is 12.3. The van der Waals surface area contributed by atoms with Gasteiger partial charge in [-0.15, -0.1) is 11.3 Å². The van der Waals surface area contributed by atoms with Gasteiger partial charge >= 0.3 is 0 Å². The largest absolute Gasteiger partial charge is 0.353 e. The molecule has 0 N–H and O–H groups in total. The molecule has 0 aliphatic carbocycles. The molecule has 0 amide bonds. The zero-order chi connectivity index (χ0) is 16.0. The van der Waals surface area contributed by atoms with Crippen LogP contribution in [0.15, 0.2) is 34.6 Å². The van der Waals surface area contributed by atoms with Crippen LogP contribution in [-0.2, 0) is 13.6 Å². The Morgan fingerprint density at radius 3 is 3.09 bits per heavy atom. The van der Waals surface area contributed by atoms with Gasteiger partial charge in [-0.2, -0.15) is 0 Å². The molecule has 0 unspecified atom stereocenters. The van der Waals surface area contributed by atoms with Crippen molar-refractivity contribution in [2.45, 2.75) is 32.4 Å². The lowest BCUT2D eigenvalue weighted by Crippen LogP contribution is -2.26. The van der Waals surface area contributed by atoms with Crippen LogP contribution in [0.1, 0.15) is 36.0 Å². The molecule has 3 aromatic heterocycles. The first kappa shape index (κ1) is 14.7. The van der Waals surface area contributed by atoms with Crippen LogP contribution in [0.3, 0.4) is 0 Å². The molecule has 1 saturated heterocycles. The van der Waals surface area contributed by atoms with Gasteiger partial charge in [0.2, 0.25) is 0 Å². The quantitative estimate of drug-likeness (QED) is 0.742. The maximum atomic E-state index is 12.3. The van der Waals surface area contributed by atoms with E-state index in [4.69, 9.17) is 4.98 Å². The van der Waals surface area contributed by atoms with Crippen LogP contribution in [0.2, 0.25) is 0 Å². The zero-order valence-corrected chi connectivity index (χ0v) is 14.2. The van der Waals surface area contributed by atoms with Crippen molar-refractivity contribution in [2.24, 2.45) is 7.05 Å². The van der Waals surface area contributed by atoms with Crippen molar-refractivity contribution in [1.29, 1.82) is 0 Å². The Balaban J connectivity index is 1.65. The van der Waals surface area contributed by atoms with Gasteiger partial charge in [0.05, 0.1) is 11.7 Å². The van der Waals surface area contributed by atoms with Crippen molar-refractivity contribution in [3.63, 3.8) is 0 Å². The molecular weight excluding hydrogens is 308 g/mol. The van der Waals surface area contributed by atoms with Crippen LogP contribution in [0.5, 0.6) is 0 Å². The fraction of sp³-hybridized carbons (Fsp3) is 0.412. The monoisotopic (exact) mass is 328 g/mol. The molecule has 0 spiro atoms. The van der Waals surface area contributed by atoms with Gasteiger partial charge in [-0.3, -0.25) is 14.1 Å². The number of nitrogens with zero attached hydrogens (tertiary/aromatic N) is 4. The second-order valence-electron chi connectivity index (χ2n) is 6.25. The topological polar surface area (TPSA) is 42.5 Å². The summed E-state index contributed by atoms with van der Waals surface area (Å²) in [5.41, 5.74) is 3.19. The number of aryl methyl sites for hydroxylation is 2. The van der Waals surface area contributed by atoms with Crippen LogP contribution in [-0.4, -0.2) is 25.4 Å². The molecule has 120 valence electrons. The van der Waals surface area contributed by atoms with E-state index in [1.54, 1.807) is 10.5 Å². The van der Waals surface area contributed by atoms with Gasteiger partial charge in [0, 0.05) is 42.6 Å². The normalized spacial score (nSPS) is 19.0. The zero-order valence-electron chi connectivity index (χ0n) is 13.4. The fourth-order valence-electron chi connectivity index (χ4n) is 3.56. The van der Waals surface area contributed by atoms with Crippen molar-refractivity contribution in [3.05, 3.63) is 57.2 Å². The molecule has 0 radical (unpaired) electrons. The van der Waals surface area contributed by atoms with E-state index < -0.39 is 0 Å². The van der Waals surface area contributed by atoms with Gasteiger partial charge in [0.15, 0.2) is 4.96 Å². The minimum absolute atomic E-state index is 0.0263. The lowest BCUT2D eigenvalue weighted by atomic mass is 10.1. The average molecular weight is 328 g/mol. The van der Waals surface area contributed by atoms with Crippen LogP contribution in [0, 0.1) is 6.92 Å². The molecule has 1 aliphatic rings.